The minimum absolute atomic E-state index is 0.00761. The molecule has 3 aromatic rings. The summed E-state index contributed by atoms with van der Waals surface area (Å²) in [6, 6.07) is 20.1. The van der Waals surface area contributed by atoms with Gasteiger partial charge in [-0.3, -0.25) is 14.5 Å². The fourth-order valence-corrected chi connectivity index (χ4v) is 4.30. The Morgan fingerprint density at radius 3 is 2.19 bits per heavy atom. The van der Waals surface area contributed by atoms with Crippen molar-refractivity contribution in [3.63, 3.8) is 0 Å². The van der Waals surface area contributed by atoms with E-state index in [0.29, 0.717) is 16.6 Å². The molecular formula is C27H27ClN2O2. The van der Waals surface area contributed by atoms with Gasteiger partial charge in [0.2, 0.25) is 5.91 Å². The Morgan fingerprint density at radius 2 is 1.56 bits per heavy atom. The van der Waals surface area contributed by atoms with Gasteiger partial charge in [0, 0.05) is 16.4 Å². The van der Waals surface area contributed by atoms with Gasteiger partial charge in [-0.05, 0) is 72.4 Å². The number of nitrogens with zero attached hydrogens (tertiary/aromatic N) is 2. The lowest BCUT2D eigenvalue weighted by atomic mass is 9.95. The summed E-state index contributed by atoms with van der Waals surface area (Å²) in [4.78, 5) is 30.6. The number of aryl methyl sites for hydroxylation is 1. The average Bonchev–Trinajstić information content (AvgIpc) is 2.78. The van der Waals surface area contributed by atoms with Crippen LogP contribution in [0, 0.1) is 13.8 Å². The van der Waals surface area contributed by atoms with E-state index in [9.17, 15) is 9.59 Å². The lowest BCUT2D eigenvalue weighted by molar-refractivity contribution is -0.128. The number of piperazine rings is 1. The molecule has 1 aliphatic heterocycles. The van der Waals surface area contributed by atoms with Crippen molar-refractivity contribution in [3.05, 3.63) is 94.0 Å². The normalized spacial score (nSPS) is 16.8. The molecule has 1 saturated heterocycles. The van der Waals surface area contributed by atoms with Crippen molar-refractivity contribution < 1.29 is 9.59 Å². The molecular weight excluding hydrogens is 420 g/mol. The van der Waals surface area contributed by atoms with Crippen molar-refractivity contribution in [2.24, 2.45) is 0 Å². The fourth-order valence-electron chi connectivity index (χ4n) is 4.17. The van der Waals surface area contributed by atoms with Gasteiger partial charge in [0.15, 0.2) is 0 Å². The van der Waals surface area contributed by atoms with Gasteiger partial charge in [-0.2, -0.15) is 0 Å². The molecule has 3 aromatic carbocycles. The highest BCUT2D eigenvalue weighted by atomic mass is 35.5. The third-order valence-corrected chi connectivity index (χ3v) is 6.46. The van der Waals surface area contributed by atoms with Crippen LogP contribution in [-0.2, 0) is 9.59 Å². The molecule has 0 radical (unpaired) electrons. The predicted molar refractivity (Wildman–Crippen MR) is 130 cm³/mol. The molecule has 4 nitrogen and oxygen atoms in total. The van der Waals surface area contributed by atoms with E-state index in [1.165, 1.54) is 5.56 Å². The molecule has 5 heteroatoms. The van der Waals surface area contributed by atoms with E-state index in [0.717, 1.165) is 22.4 Å². The van der Waals surface area contributed by atoms with E-state index >= 15 is 0 Å². The molecule has 0 saturated carbocycles. The van der Waals surface area contributed by atoms with Crippen molar-refractivity contribution >= 4 is 34.8 Å². The molecule has 0 aromatic heterocycles. The lowest BCUT2D eigenvalue weighted by Crippen LogP contribution is -2.56. The van der Waals surface area contributed by atoms with Gasteiger partial charge in [0.25, 0.3) is 5.91 Å². The van der Waals surface area contributed by atoms with Crippen molar-refractivity contribution in [3.8, 4) is 0 Å². The van der Waals surface area contributed by atoms with Crippen molar-refractivity contribution in [2.45, 2.75) is 39.7 Å². The fraction of sp³-hybridized carbons (Fsp3) is 0.259. The Kier molecular flexibility index (Phi) is 6.07. The number of hydrogen-bond donors (Lipinski definition) is 0. The first kappa shape index (κ1) is 22.1. The van der Waals surface area contributed by atoms with Crippen LogP contribution >= 0.6 is 11.6 Å². The lowest BCUT2D eigenvalue weighted by Gasteiger charge is -2.41. The molecule has 2 amide bonds. The van der Waals surface area contributed by atoms with Crippen LogP contribution in [-0.4, -0.2) is 18.4 Å². The minimum Gasteiger partial charge on any atom is -0.301 e. The maximum Gasteiger partial charge on any atom is 0.255 e. The smallest absolute Gasteiger partial charge is 0.255 e. The van der Waals surface area contributed by atoms with Gasteiger partial charge >= 0.3 is 0 Å². The topological polar surface area (TPSA) is 40.6 Å². The number of halogens is 1. The molecule has 1 aliphatic rings. The van der Waals surface area contributed by atoms with Crippen LogP contribution in [0.4, 0.5) is 11.4 Å². The number of rotatable bonds is 4. The molecule has 164 valence electrons. The zero-order chi connectivity index (χ0) is 23.0. The zero-order valence-electron chi connectivity index (χ0n) is 18.8. The predicted octanol–water partition coefficient (Wildman–Crippen LogP) is 6.20. The Balaban J connectivity index is 1.83. The quantitative estimate of drug-likeness (QED) is 0.478. The third kappa shape index (κ3) is 4.03. The van der Waals surface area contributed by atoms with Crippen molar-refractivity contribution in [1.29, 1.82) is 0 Å². The molecule has 0 spiro atoms. The highest BCUT2D eigenvalue weighted by Crippen LogP contribution is 2.36. The van der Waals surface area contributed by atoms with E-state index in [-0.39, 0.29) is 18.4 Å². The highest BCUT2D eigenvalue weighted by molar-refractivity contribution is 6.30. The van der Waals surface area contributed by atoms with E-state index in [1.54, 1.807) is 34.1 Å². The summed E-state index contributed by atoms with van der Waals surface area (Å²) in [5.41, 5.74) is 5.50. The van der Waals surface area contributed by atoms with Gasteiger partial charge in [-0.15, -0.1) is 0 Å². The molecule has 0 bridgehead atoms. The van der Waals surface area contributed by atoms with E-state index in [4.69, 9.17) is 11.6 Å². The number of carbonyl (C=O) groups is 2. The van der Waals surface area contributed by atoms with Crippen LogP contribution in [0.5, 0.6) is 0 Å². The van der Waals surface area contributed by atoms with E-state index < -0.39 is 6.04 Å². The van der Waals surface area contributed by atoms with E-state index in [2.05, 4.69) is 13.8 Å². The van der Waals surface area contributed by atoms with Gasteiger partial charge < -0.3 is 4.90 Å². The molecule has 1 heterocycles. The summed E-state index contributed by atoms with van der Waals surface area (Å²) in [5, 5.41) is 0.583. The third-order valence-electron chi connectivity index (χ3n) is 6.21. The second-order valence-corrected chi connectivity index (χ2v) is 9.04. The second kappa shape index (κ2) is 8.79. The Bertz CT molecular complexity index is 1150. The number of anilines is 2. The van der Waals surface area contributed by atoms with Crippen molar-refractivity contribution in [2.75, 3.05) is 16.3 Å². The SMILES string of the molecule is Cc1cccc(N2CC(=O)N(c3ccc(Cl)cc3)[C@@H](c3ccc(C(C)C)cc3)C2=O)c1C. The minimum atomic E-state index is -0.751. The van der Waals surface area contributed by atoms with E-state index in [1.807, 2.05) is 56.3 Å². The summed E-state index contributed by atoms with van der Waals surface area (Å²) in [7, 11) is 0. The molecule has 0 aliphatic carbocycles. The van der Waals surface area contributed by atoms with Gasteiger partial charge in [-0.25, -0.2) is 0 Å². The Morgan fingerprint density at radius 1 is 0.906 bits per heavy atom. The highest BCUT2D eigenvalue weighted by Gasteiger charge is 2.42. The first-order valence-corrected chi connectivity index (χ1v) is 11.2. The summed E-state index contributed by atoms with van der Waals surface area (Å²) in [6.07, 6.45) is 0. The molecule has 1 atom stereocenters. The van der Waals surface area contributed by atoms with Gasteiger partial charge in [-0.1, -0.05) is 61.8 Å². The standard InChI is InChI=1S/C27H27ClN2O2/c1-17(2)20-8-10-21(11-9-20)26-27(32)29(24-7-5-6-18(3)19(24)4)16-25(31)30(26)23-14-12-22(28)13-15-23/h5-15,17,26H,16H2,1-4H3/t26-/m0/s1. The summed E-state index contributed by atoms with van der Waals surface area (Å²) in [6.45, 7) is 8.25. The summed E-state index contributed by atoms with van der Waals surface area (Å²) < 4.78 is 0. The first-order chi connectivity index (χ1) is 15.3. The van der Waals surface area contributed by atoms with Crippen LogP contribution in [0.25, 0.3) is 0 Å². The van der Waals surface area contributed by atoms with Crippen LogP contribution in [0.1, 0.15) is 48.1 Å². The number of amides is 2. The zero-order valence-corrected chi connectivity index (χ0v) is 19.6. The average molecular weight is 447 g/mol. The number of benzene rings is 3. The van der Waals surface area contributed by atoms with Crippen LogP contribution in [0.3, 0.4) is 0 Å². The second-order valence-electron chi connectivity index (χ2n) is 8.61. The maximum absolute atomic E-state index is 13.9. The summed E-state index contributed by atoms with van der Waals surface area (Å²) in [5.74, 6) is 0.128. The Labute approximate surface area is 194 Å². The van der Waals surface area contributed by atoms with Crippen molar-refractivity contribution in [1.82, 2.24) is 0 Å². The largest absolute Gasteiger partial charge is 0.301 e. The molecule has 1 fully saturated rings. The van der Waals surface area contributed by atoms with Gasteiger partial charge in [0.05, 0.1) is 0 Å². The number of hydrogen-bond acceptors (Lipinski definition) is 2. The molecule has 32 heavy (non-hydrogen) atoms. The van der Waals surface area contributed by atoms with Gasteiger partial charge in [0.1, 0.15) is 12.6 Å². The van der Waals surface area contributed by atoms with Crippen LogP contribution in [0.15, 0.2) is 66.7 Å². The first-order valence-electron chi connectivity index (χ1n) is 10.8. The molecule has 0 N–H and O–H groups in total. The maximum atomic E-state index is 13.9. The van der Waals surface area contributed by atoms with Crippen LogP contribution < -0.4 is 9.80 Å². The summed E-state index contributed by atoms with van der Waals surface area (Å²) >= 11 is 6.07. The van der Waals surface area contributed by atoms with Crippen LogP contribution in [0.2, 0.25) is 5.02 Å². The Hall–Kier alpha value is -3.11. The monoisotopic (exact) mass is 446 g/mol. The molecule has 0 unspecified atom stereocenters. The number of carbonyl (C=O) groups excluding carboxylic acids is 2. The molecule has 4 rings (SSSR count).